The molecule has 0 saturated carbocycles. The van der Waals surface area contributed by atoms with Crippen molar-refractivity contribution in [1.29, 1.82) is 0 Å². The SMILES string of the molecule is CC(C)(CNc1cc(F)ccc1[N+](=O)[O-])C(N)=O. The second-order valence-corrected chi connectivity index (χ2v) is 4.52. The second kappa shape index (κ2) is 4.99. The fourth-order valence-electron chi connectivity index (χ4n) is 1.21. The molecule has 0 atom stereocenters. The van der Waals surface area contributed by atoms with E-state index in [0.717, 1.165) is 18.2 Å². The summed E-state index contributed by atoms with van der Waals surface area (Å²) in [5.41, 5.74) is 4.06. The summed E-state index contributed by atoms with van der Waals surface area (Å²) in [6.45, 7) is 3.26. The highest BCUT2D eigenvalue weighted by Crippen LogP contribution is 2.26. The van der Waals surface area contributed by atoms with Gasteiger partial charge in [-0.15, -0.1) is 0 Å². The third kappa shape index (κ3) is 3.16. The van der Waals surface area contributed by atoms with Crippen LogP contribution >= 0.6 is 0 Å². The summed E-state index contributed by atoms with van der Waals surface area (Å²) in [4.78, 5) is 21.2. The Balaban J connectivity index is 2.94. The predicted molar refractivity (Wildman–Crippen MR) is 64.5 cm³/mol. The molecule has 0 unspecified atom stereocenters. The van der Waals surface area contributed by atoms with Gasteiger partial charge in [0.05, 0.1) is 10.3 Å². The van der Waals surface area contributed by atoms with Crippen molar-refractivity contribution >= 4 is 17.3 Å². The number of hydrogen-bond acceptors (Lipinski definition) is 4. The Hall–Kier alpha value is -2.18. The van der Waals surface area contributed by atoms with E-state index in [1.807, 2.05) is 0 Å². The smallest absolute Gasteiger partial charge is 0.292 e. The van der Waals surface area contributed by atoms with E-state index in [9.17, 15) is 19.3 Å². The van der Waals surface area contributed by atoms with E-state index in [-0.39, 0.29) is 17.9 Å². The van der Waals surface area contributed by atoms with Crippen LogP contribution in [0, 0.1) is 21.3 Å². The van der Waals surface area contributed by atoms with Crippen molar-refractivity contribution in [2.24, 2.45) is 11.1 Å². The number of amides is 1. The van der Waals surface area contributed by atoms with Crippen LogP contribution in [0.25, 0.3) is 0 Å². The molecule has 3 N–H and O–H groups in total. The molecule has 0 aromatic heterocycles. The monoisotopic (exact) mass is 255 g/mol. The molecule has 0 bridgehead atoms. The third-order valence-electron chi connectivity index (χ3n) is 2.54. The normalized spacial score (nSPS) is 11.1. The van der Waals surface area contributed by atoms with Gasteiger partial charge in [-0.25, -0.2) is 4.39 Å². The number of carbonyl (C=O) groups is 1. The van der Waals surface area contributed by atoms with Crippen molar-refractivity contribution in [2.45, 2.75) is 13.8 Å². The number of rotatable bonds is 5. The molecular weight excluding hydrogens is 241 g/mol. The van der Waals surface area contributed by atoms with Crippen LogP contribution in [-0.4, -0.2) is 17.4 Å². The van der Waals surface area contributed by atoms with Gasteiger partial charge in [0.2, 0.25) is 5.91 Å². The van der Waals surface area contributed by atoms with Crippen molar-refractivity contribution in [3.05, 3.63) is 34.1 Å². The maximum Gasteiger partial charge on any atom is 0.292 e. The molecule has 0 saturated heterocycles. The first kappa shape index (κ1) is 13.9. The quantitative estimate of drug-likeness (QED) is 0.617. The molecule has 0 radical (unpaired) electrons. The summed E-state index contributed by atoms with van der Waals surface area (Å²) in [5.74, 6) is -1.14. The lowest BCUT2D eigenvalue weighted by atomic mass is 9.92. The maximum absolute atomic E-state index is 13.0. The Labute approximate surface area is 103 Å². The Morgan fingerprint density at radius 3 is 2.67 bits per heavy atom. The number of nitrogens with one attached hydrogen (secondary N) is 1. The number of benzene rings is 1. The minimum Gasteiger partial charge on any atom is -0.378 e. The van der Waals surface area contributed by atoms with Crippen LogP contribution in [-0.2, 0) is 4.79 Å². The fourth-order valence-corrected chi connectivity index (χ4v) is 1.21. The van der Waals surface area contributed by atoms with Crippen molar-refractivity contribution in [3.63, 3.8) is 0 Å². The number of nitro benzene ring substituents is 1. The highest BCUT2D eigenvalue weighted by molar-refractivity contribution is 5.80. The molecule has 1 amide bonds. The highest BCUT2D eigenvalue weighted by Gasteiger charge is 2.26. The van der Waals surface area contributed by atoms with Crippen LogP contribution in [0.5, 0.6) is 0 Å². The molecule has 0 heterocycles. The number of nitrogens with zero attached hydrogens (tertiary/aromatic N) is 1. The van der Waals surface area contributed by atoms with Crippen LogP contribution in [0.2, 0.25) is 0 Å². The number of anilines is 1. The van der Waals surface area contributed by atoms with Crippen LogP contribution in [0.1, 0.15) is 13.8 Å². The Morgan fingerprint density at radius 1 is 1.56 bits per heavy atom. The summed E-state index contributed by atoms with van der Waals surface area (Å²) >= 11 is 0. The van der Waals surface area contributed by atoms with Gasteiger partial charge in [0.25, 0.3) is 5.69 Å². The first-order chi connectivity index (χ1) is 8.24. The summed E-state index contributed by atoms with van der Waals surface area (Å²) in [6.07, 6.45) is 0. The van der Waals surface area contributed by atoms with Gasteiger partial charge in [-0.1, -0.05) is 0 Å². The molecule has 1 aromatic carbocycles. The molecule has 7 heteroatoms. The summed E-state index contributed by atoms with van der Waals surface area (Å²) in [5, 5.41) is 13.4. The Bertz CT molecular complexity index is 488. The number of halogens is 1. The van der Waals surface area contributed by atoms with E-state index in [1.54, 1.807) is 13.8 Å². The molecule has 0 aliphatic heterocycles. The fraction of sp³-hybridized carbons (Fsp3) is 0.364. The number of carbonyl (C=O) groups excluding carboxylic acids is 1. The van der Waals surface area contributed by atoms with E-state index in [0.29, 0.717) is 0 Å². The van der Waals surface area contributed by atoms with Crippen LogP contribution < -0.4 is 11.1 Å². The average molecular weight is 255 g/mol. The lowest BCUT2D eigenvalue weighted by molar-refractivity contribution is -0.384. The molecule has 6 nitrogen and oxygen atoms in total. The first-order valence-corrected chi connectivity index (χ1v) is 5.22. The molecule has 0 spiro atoms. The summed E-state index contributed by atoms with van der Waals surface area (Å²) in [6, 6.07) is 3.08. The lowest BCUT2D eigenvalue weighted by Crippen LogP contribution is -2.37. The first-order valence-electron chi connectivity index (χ1n) is 5.22. The van der Waals surface area contributed by atoms with Gasteiger partial charge < -0.3 is 11.1 Å². The maximum atomic E-state index is 13.0. The molecular formula is C11H14FN3O3. The van der Waals surface area contributed by atoms with Gasteiger partial charge in [-0.2, -0.15) is 0 Å². The molecule has 0 aliphatic carbocycles. The van der Waals surface area contributed by atoms with Crippen LogP contribution in [0.15, 0.2) is 18.2 Å². The van der Waals surface area contributed by atoms with Gasteiger partial charge in [0, 0.05) is 18.7 Å². The van der Waals surface area contributed by atoms with Gasteiger partial charge >= 0.3 is 0 Å². The number of nitro groups is 1. The van der Waals surface area contributed by atoms with Gasteiger partial charge in [0.15, 0.2) is 0 Å². The topological polar surface area (TPSA) is 98.3 Å². The van der Waals surface area contributed by atoms with Crippen molar-refractivity contribution in [2.75, 3.05) is 11.9 Å². The van der Waals surface area contributed by atoms with Crippen LogP contribution in [0.4, 0.5) is 15.8 Å². The minimum absolute atomic E-state index is 0.0225. The van der Waals surface area contributed by atoms with E-state index in [4.69, 9.17) is 5.73 Å². The second-order valence-electron chi connectivity index (χ2n) is 4.52. The van der Waals surface area contributed by atoms with Crippen LogP contribution in [0.3, 0.4) is 0 Å². The summed E-state index contributed by atoms with van der Waals surface area (Å²) in [7, 11) is 0. The molecule has 1 aromatic rings. The Kier molecular flexibility index (Phi) is 3.85. The Morgan fingerprint density at radius 2 is 2.17 bits per heavy atom. The lowest BCUT2D eigenvalue weighted by Gasteiger charge is -2.21. The van der Waals surface area contributed by atoms with Crippen molar-refractivity contribution in [1.82, 2.24) is 0 Å². The van der Waals surface area contributed by atoms with Gasteiger partial charge in [-0.3, -0.25) is 14.9 Å². The molecule has 0 aliphatic rings. The molecule has 1 rings (SSSR count). The standard InChI is InChI=1S/C11H14FN3O3/c1-11(2,10(13)16)6-14-8-5-7(12)3-4-9(8)15(17)18/h3-5,14H,6H2,1-2H3,(H2,13,16). The number of primary amides is 1. The third-order valence-corrected chi connectivity index (χ3v) is 2.54. The molecule has 98 valence electrons. The minimum atomic E-state index is -0.889. The molecule has 18 heavy (non-hydrogen) atoms. The zero-order chi connectivity index (χ0) is 13.9. The van der Waals surface area contributed by atoms with Gasteiger partial charge in [0.1, 0.15) is 11.5 Å². The number of nitrogens with two attached hydrogens (primary N) is 1. The zero-order valence-electron chi connectivity index (χ0n) is 10.1. The number of hydrogen-bond donors (Lipinski definition) is 2. The van der Waals surface area contributed by atoms with E-state index >= 15 is 0 Å². The van der Waals surface area contributed by atoms with Crippen molar-refractivity contribution < 1.29 is 14.1 Å². The predicted octanol–water partition coefficient (Wildman–Crippen LogP) is 1.66. The largest absolute Gasteiger partial charge is 0.378 e. The van der Waals surface area contributed by atoms with Gasteiger partial charge in [-0.05, 0) is 19.9 Å². The summed E-state index contributed by atoms with van der Waals surface area (Å²) < 4.78 is 13.0. The van der Waals surface area contributed by atoms with E-state index in [2.05, 4.69) is 5.32 Å². The average Bonchev–Trinajstić information content (AvgIpc) is 2.26. The zero-order valence-corrected chi connectivity index (χ0v) is 10.1. The van der Waals surface area contributed by atoms with E-state index < -0.39 is 22.1 Å². The van der Waals surface area contributed by atoms with E-state index in [1.165, 1.54) is 0 Å². The highest BCUT2D eigenvalue weighted by atomic mass is 19.1. The molecule has 0 fully saturated rings. The van der Waals surface area contributed by atoms with Crippen molar-refractivity contribution in [3.8, 4) is 0 Å².